The first-order valence-corrected chi connectivity index (χ1v) is 7.26. The zero-order chi connectivity index (χ0) is 13.0. The van der Waals surface area contributed by atoms with Crippen molar-refractivity contribution in [3.8, 4) is 0 Å². The van der Waals surface area contributed by atoms with Crippen LogP contribution in [0.3, 0.4) is 0 Å². The van der Waals surface area contributed by atoms with E-state index in [0.29, 0.717) is 6.04 Å². The summed E-state index contributed by atoms with van der Waals surface area (Å²) in [7, 11) is 0. The van der Waals surface area contributed by atoms with Crippen molar-refractivity contribution in [1.29, 1.82) is 0 Å². The van der Waals surface area contributed by atoms with Crippen molar-refractivity contribution in [2.45, 2.75) is 46.1 Å². The van der Waals surface area contributed by atoms with Crippen LogP contribution >= 0.6 is 0 Å². The van der Waals surface area contributed by atoms with Gasteiger partial charge in [0.25, 0.3) is 0 Å². The van der Waals surface area contributed by atoms with E-state index in [1.807, 2.05) is 0 Å². The van der Waals surface area contributed by atoms with Crippen molar-refractivity contribution in [3.05, 3.63) is 11.9 Å². The monoisotopic (exact) mass is 250 g/mol. The van der Waals surface area contributed by atoms with E-state index in [4.69, 9.17) is 0 Å². The maximum Gasteiger partial charge on any atom is 0.203 e. The Morgan fingerprint density at radius 3 is 2.67 bits per heavy atom. The summed E-state index contributed by atoms with van der Waals surface area (Å²) in [5.41, 5.74) is 1.11. The number of nitrogens with zero attached hydrogens (tertiary/aromatic N) is 3. The normalized spacial score (nSPS) is 18.2. The Hall–Kier alpha value is -1.03. The van der Waals surface area contributed by atoms with Gasteiger partial charge in [-0.1, -0.05) is 6.92 Å². The molecule has 0 bridgehead atoms. The van der Waals surface area contributed by atoms with E-state index in [1.54, 1.807) is 0 Å². The van der Waals surface area contributed by atoms with Gasteiger partial charge in [-0.2, -0.15) is 0 Å². The lowest BCUT2D eigenvalue weighted by atomic mass is 10.0. The van der Waals surface area contributed by atoms with E-state index in [0.717, 1.165) is 18.2 Å². The minimum atomic E-state index is 0.619. The molecule has 1 aliphatic rings. The summed E-state index contributed by atoms with van der Waals surface area (Å²) in [5, 5.41) is 3.37. The summed E-state index contributed by atoms with van der Waals surface area (Å²) in [4.78, 5) is 7.15. The van der Waals surface area contributed by atoms with Gasteiger partial charge in [-0.05, 0) is 39.7 Å². The fourth-order valence-corrected chi connectivity index (χ4v) is 2.82. The van der Waals surface area contributed by atoms with Crippen LogP contribution in [0.15, 0.2) is 6.20 Å². The van der Waals surface area contributed by atoms with E-state index in [-0.39, 0.29) is 0 Å². The molecular formula is C14H26N4. The Kier molecular flexibility index (Phi) is 4.64. The SMILES string of the molecule is CCCN1CCC(n2cc(C)nc2NCC)CC1. The van der Waals surface area contributed by atoms with Crippen LogP contribution in [0.25, 0.3) is 0 Å². The zero-order valence-electron chi connectivity index (χ0n) is 11.9. The topological polar surface area (TPSA) is 33.1 Å². The molecule has 1 aromatic heterocycles. The Morgan fingerprint density at radius 1 is 1.33 bits per heavy atom. The van der Waals surface area contributed by atoms with Gasteiger partial charge >= 0.3 is 0 Å². The maximum atomic E-state index is 4.57. The molecule has 0 unspecified atom stereocenters. The molecule has 1 fully saturated rings. The summed E-state index contributed by atoms with van der Waals surface area (Å²) in [6.07, 6.45) is 5.94. The van der Waals surface area contributed by atoms with E-state index < -0.39 is 0 Å². The highest BCUT2D eigenvalue weighted by atomic mass is 15.2. The van der Waals surface area contributed by atoms with Crippen molar-refractivity contribution in [3.63, 3.8) is 0 Å². The molecule has 0 radical (unpaired) electrons. The predicted octanol–water partition coefficient (Wildman–Crippen LogP) is 2.67. The summed E-state index contributed by atoms with van der Waals surface area (Å²) in [6, 6.07) is 0.619. The molecule has 4 nitrogen and oxygen atoms in total. The summed E-state index contributed by atoms with van der Waals surface area (Å²) in [6.45, 7) is 11.1. The van der Waals surface area contributed by atoms with Crippen molar-refractivity contribution >= 4 is 5.95 Å². The molecule has 1 saturated heterocycles. The van der Waals surface area contributed by atoms with Crippen LogP contribution in [-0.2, 0) is 0 Å². The Balaban J connectivity index is 2.00. The maximum absolute atomic E-state index is 4.57. The van der Waals surface area contributed by atoms with Crippen molar-refractivity contribution in [2.24, 2.45) is 0 Å². The molecular weight excluding hydrogens is 224 g/mol. The van der Waals surface area contributed by atoms with E-state index in [2.05, 4.69) is 46.7 Å². The fraction of sp³-hybridized carbons (Fsp3) is 0.786. The molecule has 0 atom stereocenters. The molecule has 0 aliphatic carbocycles. The van der Waals surface area contributed by atoms with Crippen molar-refractivity contribution < 1.29 is 0 Å². The minimum Gasteiger partial charge on any atom is -0.356 e. The minimum absolute atomic E-state index is 0.619. The standard InChI is InChI=1S/C14H26N4/c1-4-8-17-9-6-13(7-10-17)18-11-12(3)16-14(18)15-5-2/h11,13H,4-10H2,1-3H3,(H,15,16). The molecule has 1 aromatic rings. The van der Waals surface area contributed by atoms with Crippen molar-refractivity contribution in [2.75, 3.05) is 31.5 Å². The van der Waals surface area contributed by atoms with Gasteiger partial charge in [0.1, 0.15) is 0 Å². The van der Waals surface area contributed by atoms with Crippen LogP contribution in [0.5, 0.6) is 0 Å². The Labute approximate surface area is 110 Å². The van der Waals surface area contributed by atoms with Gasteiger partial charge in [-0.25, -0.2) is 4.98 Å². The third-order valence-electron chi connectivity index (χ3n) is 3.68. The van der Waals surface area contributed by atoms with Gasteiger partial charge in [-0.3, -0.25) is 0 Å². The smallest absolute Gasteiger partial charge is 0.203 e. The molecule has 4 heteroatoms. The molecule has 0 amide bonds. The third kappa shape index (κ3) is 3.05. The molecule has 1 N–H and O–H groups in total. The van der Waals surface area contributed by atoms with Gasteiger partial charge in [0.2, 0.25) is 5.95 Å². The van der Waals surface area contributed by atoms with E-state index in [9.17, 15) is 0 Å². The average molecular weight is 250 g/mol. The highest BCUT2D eigenvalue weighted by Crippen LogP contribution is 2.26. The molecule has 2 rings (SSSR count). The molecule has 102 valence electrons. The third-order valence-corrected chi connectivity index (χ3v) is 3.68. The first-order chi connectivity index (χ1) is 8.74. The van der Waals surface area contributed by atoms with Gasteiger partial charge in [0.15, 0.2) is 0 Å². The molecule has 0 saturated carbocycles. The van der Waals surface area contributed by atoms with Crippen molar-refractivity contribution in [1.82, 2.24) is 14.5 Å². The van der Waals surface area contributed by atoms with Gasteiger partial charge in [0.05, 0.1) is 5.69 Å². The number of imidazole rings is 1. The van der Waals surface area contributed by atoms with Crippen LogP contribution in [-0.4, -0.2) is 40.6 Å². The van der Waals surface area contributed by atoms with Crippen LogP contribution in [0, 0.1) is 6.92 Å². The second kappa shape index (κ2) is 6.23. The molecule has 1 aliphatic heterocycles. The van der Waals surface area contributed by atoms with Crippen LogP contribution < -0.4 is 5.32 Å². The number of likely N-dealkylation sites (tertiary alicyclic amines) is 1. The van der Waals surface area contributed by atoms with Crippen LogP contribution in [0.4, 0.5) is 5.95 Å². The average Bonchev–Trinajstić information content (AvgIpc) is 2.72. The van der Waals surface area contributed by atoms with E-state index in [1.165, 1.54) is 38.9 Å². The number of piperidine rings is 1. The summed E-state index contributed by atoms with van der Waals surface area (Å²) < 4.78 is 2.35. The number of hydrogen-bond acceptors (Lipinski definition) is 3. The highest BCUT2D eigenvalue weighted by molar-refractivity contribution is 5.29. The molecule has 2 heterocycles. The number of nitrogens with one attached hydrogen (secondary N) is 1. The number of hydrogen-bond donors (Lipinski definition) is 1. The second-order valence-corrected chi connectivity index (χ2v) is 5.22. The van der Waals surface area contributed by atoms with Gasteiger partial charge < -0.3 is 14.8 Å². The number of aromatic nitrogens is 2. The first-order valence-electron chi connectivity index (χ1n) is 7.26. The molecule has 18 heavy (non-hydrogen) atoms. The lowest BCUT2D eigenvalue weighted by Gasteiger charge is -2.32. The Bertz CT molecular complexity index is 364. The summed E-state index contributed by atoms with van der Waals surface area (Å²) in [5.74, 6) is 1.05. The lowest BCUT2D eigenvalue weighted by molar-refractivity contribution is 0.187. The second-order valence-electron chi connectivity index (χ2n) is 5.22. The molecule has 0 spiro atoms. The van der Waals surface area contributed by atoms with Crippen LogP contribution in [0.2, 0.25) is 0 Å². The first kappa shape index (κ1) is 13.4. The van der Waals surface area contributed by atoms with E-state index >= 15 is 0 Å². The molecule has 0 aromatic carbocycles. The summed E-state index contributed by atoms with van der Waals surface area (Å²) >= 11 is 0. The quantitative estimate of drug-likeness (QED) is 0.872. The van der Waals surface area contributed by atoms with Gasteiger partial charge in [0, 0.05) is 31.9 Å². The lowest BCUT2D eigenvalue weighted by Crippen LogP contribution is -2.35. The van der Waals surface area contributed by atoms with Crippen LogP contribution in [0.1, 0.15) is 44.8 Å². The predicted molar refractivity (Wildman–Crippen MR) is 76.1 cm³/mol. The Morgan fingerprint density at radius 2 is 2.06 bits per heavy atom. The highest BCUT2D eigenvalue weighted by Gasteiger charge is 2.22. The number of anilines is 1. The largest absolute Gasteiger partial charge is 0.356 e. The number of rotatable bonds is 5. The zero-order valence-corrected chi connectivity index (χ0v) is 11.9. The fourth-order valence-electron chi connectivity index (χ4n) is 2.82. The number of aryl methyl sites for hydroxylation is 1. The van der Waals surface area contributed by atoms with Gasteiger partial charge in [-0.15, -0.1) is 0 Å².